The van der Waals surface area contributed by atoms with E-state index in [0.29, 0.717) is 4.77 Å². The Balaban J connectivity index is 2.33. The lowest BCUT2D eigenvalue weighted by Crippen LogP contribution is -2.06. The fraction of sp³-hybridized carbons (Fsp3) is 0.417. The van der Waals surface area contributed by atoms with Gasteiger partial charge in [0.1, 0.15) is 5.82 Å². The molecule has 0 aliphatic heterocycles. The number of hydrogen-bond acceptors (Lipinski definition) is 3. The van der Waals surface area contributed by atoms with Crippen LogP contribution < -0.4 is 0 Å². The third kappa shape index (κ3) is 2.61. The van der Waals surface area contributed by atoms with Crippen molar-refractivity contribution in [2.75, 3.05) is 0 Å². The lowest BCUT2D eigenvalue weighted by molar-refractivity contribution is 0.695. The first-order valence-electron chi connectivity index (χ1n) is 5.76. The number of hydrogen-bond donors (Lipinski definition) is 1. The summed E-state index contributed by atoms with van der Waals surface area (Å²) in [5.41, 5.74) is 2.41. The van der Waals surface area contributed by atoms with Crippen LogP contribution in [0.2, 0.25) is 0 Å². The molecule has 90 valence electrons. The molecule has 0 amide bonds. The molecule has 2 rings (SSSR count). The predicted molar refractivity (Wildman–Crippen MR) is 69.5 cm³/mol. The molecule has 4 nitrogen and oxygen atoms in total. The molecular weight excluding hydrogens is 232 g/mol. The molecule has 0 unspecified atom stereocenters. The van der Waals surface area contributed by atoms with Gasteiger partial charge in [0.2, 0.25) is 0 Å². The first-order valence-corrected chi connectivity index (χ1v) is 6.16. The first kappa shape index (κ1) is 12.0. The summed E-state index contributed by atoms with van der Waals surface area (Å²) in [5, 5.41) is 7.11. The third-order valence-electron chi connectivity index (χ3n) is 2.79. The molecule has 0 radical (unpaired) electrons. The Morgan fingerprint density at radius 3 is 3.00 bits per heavy atom. The van der Waals surface area contributed by atoms with Crippen LogP contribution >= 0.6 is 12.2 Å². The van der Waals surface area contributed by atoms with E-state index in [9.17, 15) is 0 Å². The molecule has 0 atom stereocenters. The lowest BCUT2D eigenvalue weighted by atomic mass is 10.1. The van der Waals surface area contributed by atoms with E-state index in [4.69, 9.17) is 12.2 Å². The smallest absolute Gasteiger partial charge is 0.195 e. The van der Waals surface area contributed by atoms with E-state index in [-0.39, 0.29) is 0 Å². The first-order chi connectivity index (χ1) is 8.22. The SMILES string of the molecule is CCCc1n[nH]c(=S)n1Cc1cnccc1C. The van der Waals surface area contributed by atoms with Gasteiger partial charge < -0.3 is 0 Å². The standard InChI is InChI=1S/C12H16N4S/c1-3-4-11-14-15-12(17)16(11)8-10-7-13-6-5-9(10)2/h5-7H,3-4,8H2,1-2H3,(H,15,17). The van der Waals surface area contributed by atoms with Gasteiger partial charge in [0.05, 0.1) is 6.54 Å². The molecule has 0 bridgehead atoms. The summed E-state index contributed by atoms with van der Waals surface area (Å²) in [4.78, 5) is 4.15. The normalized spacial score (nSPS) is 10.7. The summed E-state index contributed by atoms with van der Waals surface area (Å²) in [6, 6.07) is 2.01. The van der Waals surface area contributed by atoms with Crippen molar-refractivity contribution in [2.24, 2.45) is 0 Å². The molecule has 0 saturated carbocycles. The van der Waals surface area contributed by atoms with Crippen LogP contribution in [0.15, 0.2) is 18.5 Å². The number of rotatable bonds is 4. The Hall–Kier alpha value is -1.49. The van der Waals surface area contributed by atoms with E-state index in [1.54, 1.807) is 6.20 Å². The Morgan fingerprint density at radius 1 is 1.47 bits per heavy atom. The van der Waals surface area contributed by atoms with Crippen molar-refractivity contribution in [1.82, 2.24) is 19.7 Å². The topological polar surface area (TPSA) is 46.5 Å². The second-order valence-corrected chi connectivity index (χ2v) is 4.47. The summed E-state index contributed by atoms with van der Waals surface area (Å²) >= 11 is 5.25. The maximum Gasteiger partial charge on any atom is 0.195 e. The zero-order valence-corrected chi connectivity index (χ0v) is 10.9. The molecule has 0 spiro atoms. The summed E-state index contributed by atoms with van der Waals surface area (Å²) in [5.74, 6) is 1.01. The summed E-state index contributed by atoms with van der Waals surface area (Å²) in [6.45, 7) is 4.96. The van der Waals surface area contributed by atoms with Crippen LogP contribution in [0.4, 0.5) is 0 Å². The van der Waals surface area contributed by atoms with Gasteiger partial charge in [-0.3, -0.25) is 14.6 Å². The van der Waals surface area contributed by atoms with E-state index in [0.717, 1.165) is 25.2 Å². The molecule has 0 fully saturated rings. The summed E-state index contributed by atoms with van der Waals surface area (Å²) < 4.78 is 2.72. The molecule has 5 heteroatoms. The molecule has 0 aliphatic carbocycles. The molecule has 0 aromatic carbocycles. The van der Waals surface area contributed by atoms with E-state index in [1.807, 2.05) is 16.8 Å². The Kier molecular flexibility index (Phi) is 3.68. The monoisotopic (exact) mass is 248 g/mol. The van der Waals surface area contributed by atoms with Gasteiger partial charge in [-0.05, 0) is 42.8 Å². The van der Waals surface area contributed by atoms with Crippen LogP contribution in [0.3, 0.4) is 0 Å². The number of aromatic amines is 1. The fourth-order valence-electron chi connectivity index (χ4n) is 1.76. The zero-order chi connectivity index (χ0) is 12.3. The summed E-state index contributed by atoms with van der Waals surface area (Å²) in [7, 11) is 0. The Labute approximate surface area is 106 Å². The largest absolute Gasteiger partial charge is 0.300 e. The number of pyridine rings is 1. The molecule has 0 aliphatic rings. The van der Waals surface area contributed by atoms with E-state index < -0.39 is 0 Å². The van der Waals surface area contributed by atoms with Gasteiger partial charge >= 0.3 is 0 Å². The molecule has 2 aromatic rings. The summed E-state index contributed by atoms with van der Waals surface area (Å²) in [6.07, 6.45) is 5.69. The highest BCUT2D eigenvalue weighted by atomic mass is 32.1. The minimum Gasteiger partial charge on any atom is -0.300 e. The van der Waals surface area contributed by atoms with Crippen LogP contribution in [0, 0.1) is 11.7 Å². The minimum atomic E-state index is 0.678. The van der Waals surface area contributed by atoms with Crippen LogP contribution in [0.5, 0.6) is 0 Å². The maximum absolute atomic E-state index is 5.25. The van der Waals surface area contributed by atoms with Crippen LogP contribution in [-0.4, -0.2) is 19.7 Å². The number of nitrogens with zero attached hydrogens (tertiary/aromatic N) is 3. The maximum atomic E-state index is 5.25. The van der Waals surface area contributed by atoms with Crippen LogP contribution in [0.25, 0.3) is 0 Å². The Morgan fingerprint density at radius 2 is 2.29 bits per heavy atom. The molecule has 0 saturated heterocycles. The predicted octanol–water partition coefficient (Wildman–Crippen LogP) is 2.64. The molecule has 2 aromatic heterocycles. The van der Waals surface area contributed by atoms with Gasteiger partial charge in [0.25, 0.3) is 0 Å². The van der Waals surface area contributed by atoms with Crippen molar-refractivity contribution in [3.05, 3.63) is 40.2 Å². The van der Waals surface area contributed by atoms with Crippen LogP contribution in [-0.2, 0) is 13.0 Å². The van der Waals surface area contributed by atoms with Gasteiger partial charge in [-0.15, -0.1) is 0 Å². The van der Waals surface area contributed by atoms with Gasteiger partial charge in [0.15, 0.2) is 4.77 Å². The number of aromatic nitrogens is 4. The van der Waals surface area contributed by atoms with Gasteiger partial charge in [0, 0.05) is 18.8 Å². The number of aryl methyl sites for hydroxylation is 2. The number of H-pyrrole nitrogens is 1. The third-order valence-corrected chi connectivity index (χ3v) is 3.10. The van der Waals surface area contributed by atoms with Crippen molar-refractivity contribution in [3.8, 4) is 0 Å². The number of nitrogens with one attached hydrogen (secondary N) is 1. The molecule has 17 heavy (non-hydrogen) atoms. The minimum absolute atomic E-state index is 0.678. The zero-order valence-electron chi connectivity index (χ0n) is 10.1. The highest BCUT2D eigenvalue weighted by Gasteiger charge is 2.07. The van der Waals surface area contributed by atoms with Crippen LogP contribution in [0.1, 0.15) is 30.3 Å². The molecular formula is C12H16N4S. The van der Waals surface area contributed by atoms with Gasteiger partial charge in [-0.2, -0.15) is 5.10 Å². The molecule has 2 heterocycles. The van der Waals surface area contributed by atoms with Crippen molar-refractivity contribution in [3.63, 3.8) is 0 Å². The van der Waals surface area contributed by atoms with E-state index >= 15 is 0 Å². The van der Waals surface area contributed by atoms with E-state index in [2.05, 4.69) is 29.0 Å². The quantitative estimate of drug-likeness (QED) is 0.846. The second-order valence-electron chi connectivity index (χ2n) is 4.08. The molecule has 1 N–H and O–H groups in total. The van der Waals surface area contributed by atoms with E-state index in [1.165, 1.54) is 11.1 Å². The van der Waals surface area contributed by atoms with Gasteiger partial charge in [-0.25, -0.2) is 0 Å². The Bertz CT molecular complexity index is 556. The van der Waals surface area contributed by atoms with Crippen molar-refractivity contribution < 1.29 is 0 Å². The van der Waals surface area contributed by atoms with Crippen molar-refractivity contribution >= 4 is 12.2 Å². The highest BCUT2D eigenvalue weighted by molar-refractivity contribution is 7.71. The fourth-order valence-corrected chi connectivity index (χ4v) is 1.98. The lowest BCUT2D eigenvalue weighted by Gasteiger charge is -2.08. The van der Waals surface area contributed by atoms with Crippen molar-refractivity contribution in [1.29, 1.82) is 0 Å². The average molecular weight is 248 g/mol. The average Bonchev–Trinajstić information content (AvgIpc) is 2.65. The van der Waals surface area contributed by atoms with Crippen molar-refractivity contribution in [2.45, 2.75) is 33.2 Å². The van der Waals surface area contributed by atoms with Gasteiger partial charge in [-0.1, -0.05) is 6.92 Å². The highest BCUT2D eigenvalue weighted by Crippen LogP contribution is 2.10. The second kappa shape index (κ2) is 5.23.